The Hall–Kier alpha value is -1.80. The van der Waals surface area contributed by atoms with E-state index in [1.165, 1.54) is 7.11 Å². The largest absolute Gasteiger partial charge is 0.465 e. The van der Waals surface area contributed by atoms with Crippen molar-refractivity contribution in [1.29, 1.82) is 0 Å². The Balaban J connectivity index is 1.94. The zero-order valence-electron chi connectivity index (χ0n) is 13.4. The van der Waals surface area contributed by atoms with E-state index in [2.05, 4.69) is 32.8 Å². The molecule has 2 aromatic rings. The van der Waals surface area contributed by atoms with Gasteiger partial charge in [0.25, 0.3) is 0 Å². The maximum Gasteiger partial charge on any atom is 0.341 e. The number of anilines is 1. The quantitative estimate of drug-likeness (QED) is 0.587. The molecular weight excluding hydrogens is 419 g/mol. The smallest absolute Gasteiger partial charge is 0.341 e. The molecule has 0 radical (unpaired) electrons. The van der Waals surface area contributed by atoms with Crippen LogP contribution >= 0.6 is 22.6 Å². The lowest BCUT2D eigenvalue weighted by Crippen LogP contribution is -2.43. The summed E-state index contributed by atoms with van der Waals surface area (Å²) in [6.07, 6.45) is 0. The van der Waals surface area contributed by atoms with Gasteiger partial charge in [0.1, 0.15) is 17.1 Å². The van der Waals surface area contributed by atoms with Crippen LogP contribution in [0.4, 0.5) is 5.69 Å². The molecule has 1 aliphatic heterocycles. The fourth-order valence-corrected chi connectivity index (χ4v) is 3.17. The average molecular weight is 438 g/mol. The summed E-state index contributed by atoms with van der Waals surface area (Å²) in [5.74, 6) is 0.812. The second-order valence-electron chi connectivity index (χ2n) is 5.47. The number of piperazine rings is 1. The van der Waals surface area contributed by atoms with Crippen LogP contribution in [0.5, 0.6) is 11.5 Å². The number of rotatable bonds is 4. The standard InChI is InChI=1S/C18H19IN2O3/c1-23-18(22)16-6-5-14(21-9-7-20-8-10-21)12-17(16)24-15-4-2-3-13(19)11-15/h2-6,11-12,20H,7-10H2,1H3. The Morgan fingerprint density at radius 1 is 1.17 bits per heavy atom. The molecule has 0 saturated carbocycles. The molecule has 6 heteroatoms. The lowest BCUT2D eigenvalue weighted by molar-refractivity contribution is 0.0598. The normalized spacial score (nSPS) is 14.3. The van der Waals surface area contributed by atoms with E-state index in [0.29, 0.717) is 17.1 Å². The van der Waals surface area contributed by atoms with E-state index in [1.54, 1.807) is 6.07 Å². The summed E-state index contributed by atoms with van der Waals surface area (Å²) < 4.78 is 11.9. The van der Waals surface area contributed by atoms with E-state index >= 15 is 0 Å². The summed E-state index contributed by atoms with van der Waals surface area (Å²) >= 11 is 2.23. The predicted octanol–water partition coefficient (Wildman–Crippen LogP) is 3.28. The van der Waals surface area contributed by atoms with Crippen LogP contribution in [0.2, 0.25) is 0 Å². The second-order valence-corrected chi connectivity index (χ2v) is 6.71. The van der Waals surface area contributed by atoms with E-state index in [4.69, 9.17) is 9.47 Å². The minimum Gasteiger partial charge on any atom is -0.465 e. The molecule has 0 amide bonds. The Labute approximate surface area is 155 Å². The minimum absolute atomic E-state index is 0.400. The van der Waals surface area contributed by atoms with E-state index in [-0.39, 0.29) is 0 Å². The molecule has 5 nitrogen and oxygen atoms in total. The SMILES string of the molecule is COC(=O)c1ccc(N2CCNCC2)cc1Oc1cccc(I)c1. The lowest BCUT2D eigenvalue weighted by Gasteiger charge is -2.30. The Morgan fingerprint density at radius 2 is 1.96 bits per heavy atom. The number of halogens is 1. The molecule has 1 N–H and O–H groups in total. The van der Waals surface area contributed by atoms with Crippen LogP contribution in [0.25, 0.3) is 0 Å². The van der Waals surface area contributed by atoms with E-state index in [9.17, 15) is 4.79 Å². The highest BCUT2D eigenvalue weighted by atomic mass is 127. The number of carbonyl (C=O) groups is 1. The van der Waals surface area contributed by atoms with Crippen molar-refractivity contribution in [2.24, 2.45) is 0 Å². The number of hydrogen-bond acceptors (Lipinski definition) is 5. The topological polar surface area (TPSA) is 50.8 Å². The first-order valence-corrected chi connectivity index (χ1v) is 8.87. The molecule has 0 atom stereocenters. The number of hydrogen-bond donors (Lipinski definition) is 1. The molecule has 1 aliphatic rings. The Bertz CT molecular complexity index is 730. The molecule has 0 aromatic heterocycles. The van der Waals surface area contributed by atoms with Crippen molar-refractivity contribution in [2.45, 2.75) is 0 Å². The van der Waals surface area contributed by atoms with Crippen molar-refractivity contribution in [3.05, 3.63) is 51.6 Å². The van der Waals surface area contributed by atoms with Gasteiger partial charge >= 0.3 is 5.97 Å². The van der Waals surface area contributed by atoms with Gasteiger partial charge in [-0.3, -0.25) is 0 Å². The molecule has 1 heterocycles. The van der Waals surface area contributed by atoms with Crippen LogP contribution in [-0.2, 0) is 4.74 Å². The molecule has 126 valence electrons. The van der Waals surface area contributed by atoms with Gasteiger partial charge in [0.2, 0.25) is 0 Å². The van der Waals surface area contributed by atoms with Gasteiger partial charge in [-0.25, -0.2) is 4.79 Å². The number of benzene rings is 2. The van der Waals surface area contributed by atoms with Crippen LogP contribution in [0.1, 0.15) is 10.4 Å². The molecule has 24 heavy (non-hydrogen) atoms. The van der Waals surface area contributed by atoms with Gasteiger partial charge in [-0.1, -0.05) is 6.07 Å². The molecule has 0 aliphatic carbocycles. The fraction of sp³-hybridized carbons (Fsp3) is 0.278. The third-order valence-electron chi connectivity index (χ3n) is 3.88. The first kappa shape index (κ1) is 17.0. The van der Waals surface area contributed by atoms with Crippen molar-refractivity contribution in [3.63, 3.8) is 0 Å². The number of nitrogens with one attached hydrogen (secondary N) is 1. The molecule has 1 saturated heterocycles. The summed E-state index contributed by atoms with van der Waals surface area (Å²) in [6.45, 7) is 3.76. The molecular formula is C18H19IN2O3. The summed E-state index contributed by atoms with van der Waals surface area (Å²) in [7, 11) is 1.38. The first-order chi connectivity index (χ1) is 11.7. The van der Waals surface area contributed by atoms with E-state index < -0.39 is 5.97 Å². The fourth-order valence-electron chi connectivity index (χ4n) is 2.65. The van der Waals surface area contributed by atoms with Crippen LogP contribution in [0.3, 0.4) is 0 Å². The summed E-state index contributed by atoms with van der Waals surface area (Å²) in [5.41, 5.74) is 1.47. The van der Waals surface area contributed by atoms with Crippen molar-refractivity contribution < 1.29 is 14.3 Å². The summed E-state index contributed by atoms with van der Waals surface area (Å²) in [6, 6.07) is 13.4. The molecule has 1 fully saturated rings. The number of nitrogens with zero attached hydrogens (tertiary/aromatic N) is 1. The maximum atomic E-state index is 12.1. The second kappa shape index (κ2) is 7.85. The van der Waals surface area contributed by atoms with Gasteiger partial charge in [-0.15, -0.1) is 0 Å². The highest BCUT2D eigenvalue weighted by Crippen LogP contribution is 2.31. The van der Waals surface area contributed by atoms with Crippen molar-refractivity contribution in [3.8, 4) is 11.5 Å². The molecule has 0 spiro atoms. The Kier molecular flexibility index (Phi) is 5.57. The van der Waals surface area contributed by atoms with E-state index in [1.807, 2.05) is 36.4 Å². The number of ether oxygens (including phenoxy) is 2. The van der Waals surface area contributed by atoms with Crippen LogP contribution in [0, 0.1) is 3.57 Å². The molecule has 2 aromatic carbocycles. The summed E-state index contributed by atoms with van der Waals surface area (Å²) in [4.78, 5) is 14.3. The van der Waals surface area contributed by atoms with Gasteiger partial charge in [0, 0.05) is 41.5 Å². The van der Waals surface area contributed by atoms with Gasteiger partial charge in [0.05, 0.1) is 7.11 Å². The number of carbonyl (C=O) groups excluding carboxylic acids is 1. The van der Waals surface area contributed by atoms with Gasteiger partial charge < -0.3 is 19.7 Å². The van der Waals surface area contributed by atoms with Crippen LogP contribution < -0.4 is 15.0 Å². The van der Waals surface area contributed by atoms with Gasteiger partial charge in [-0.2, -0.15) is 0 Å². The zero-order valence-corrected chi connectivity index (χ0v) is 15.6. The minimum atomic E-state index is -0.400. The lowest BCUT2D eigenvalue weighted by atomic mass is 10.1. The molecule has 3 rings (SSSR count). The molecule has 0 unspecified atom stereocenters. The van der Waals surface area contributed by atoms with Crippen molar-refractivity contribution in [1.82, 2.24) is 5.32 Å². The highest BCUT2D eigenvalue weighted by molar-refractivity contribution is 14.1. The van der Waals surface area contributed by atoms with Crippen LogP contribution in [-0.4, -0.2) is 39.3 Å². The van der Waals surface area contributed by atoms with Crippen LogP contribution in [0.15, 0.2) is 42.5 Å². The highest BCUT2D eigenvalue weighted by Gasteiger charge is 2.18. The predicted molar refractivity (Wildman–Crippen MR) is 102 cm³/mol. The summed E-state index contributed by atoms with van der Waals surface area (Å²) in [5, 5.41) is 3.34. The average Bonchev–Trinajstić information content (AvgIpc) is 2.62. The van der Waals surface area contributed by atoms with Crippen molar-refractivity contribution in [2.75, 3.05) is 38.2 Å². The zero-order chi connectivity index (χ0) is 16.9. The monoisotopic (exact) mass is 438 g/mol. The molecule has 0 bridgehead atoms. The van der Waals surface area contributed by atoms with Gasteiger partial charge in [0.15, 0.2) is 0 Å². The Morgan fingerprint density at radius 3 is 2.67 bits per heavy atom. The maximum absolute atomic E-state index is 12.1. The number of esters is 1. The van der Waals surface area contributed by atoms with E-state index in [0.717, 1.165) is 35.4 Å². The van der Waals surface area contributed by atoms with Gasteiger partial charge in [-0.05, 0) is 52.9 Å². The third kappa shape index (κ3) is 3.99. The number of methoxy groups -OCH3 is 1. The third-order valence-corrected chi connectivity index (χ3v) is 4.55. The van der Waals surface area contributed by atoms with Crippen molar-refractivity contribution >= 4 is 34.2 Å². The first-order valence-electron chi connectivity index (χ1n) is 7.79.